The highest BCUT2D eigenvalue weighted by atomic mass is 35.5. The molecule has 37 heavy (non-hydrogen) atoms. The second-order valence-electron chi connectivity index (χ2n) is 8.46. The Balaban J connectivity index is 1.71. The number of alkyl halides is 3. The lowest BCUT2D eigenvalue weighted by Gasteiger charge is -2.38. The summed E-state index contributed by atoms with van der Waals surface area (Å²) in [7, 11) is 0. The first-order valence-electron chi connectivity index (χ1n) is 11.5. The van der Waals surface area contributed by atoms with Gasteiger partial charge in [0.15, 0.2) is 10.9 Å². The summed E-state index contributed by atoms with van der Waals surface area (Å²) in [4.78, 5) is 46.2. The van der Waals surface area contributed by atoms with Crippen LogP contribution in [0.2, 0.25) is 5.02 Å². The van der Waals surface area contributed by atoms with E-state index in [1.54, 1.807) is 27.3 Å². The van der Waals surface area contributed by atoms with Crippen LogP contribution in [0.25, 0.3) is 0 Å². The quantitative estimate of drug-likeness (QED) is 0.508. The van der Waals surface area contributed by atoms with Gasteiger partial charge in [-0.25, -0.2) is 9.79 Å². The van der Waals surface area contributed by atoms with Gasteiger partial charge >= 0.3 is 12.1 Å². The van der Waals surface area contributed by atoms with Crippen molar-refractivity contribution in [2.24, 2.45) is 4.99 Å². The molecule has 0 N–H and O–H groups in total. The minimum atomic E-state index is -4.93. The summed E-state index contributed by atoms with van der Waals surface area (Å²) in [6.07, 6.45) is -5.07. The van der Waals surface area contributed by atoms with Crippen LogP contribution in [0, 0.1) is 0 Å². The van der Waals surface area contributed by atoms with Crippen molar-refractivity contribution in [1.82, 2.24) is 14.7 Å². The molecule has 0 saturated carbocycles. The number of esters is 1. The van der Waals surface area contributed by atoms with Gasteiger partial charge < -0.3 is 19.4 Å². The molecule has 1 saturated heterocycles. The van der Waals surface area contributed by atoms with Crippen LogP contribution < -0.4 is 0 Å². The van der Waals surface area contributed by atoms with Crippen molar-refractivity contribution in [1.29, 1.82) is 0 Å². The Hall–Kier alpha value is -2.99. The molecule has 0 radical (unpaired) electrons. The predicted molar refractivity (Wildman–Crippen MR) is 132 cm³/mol. The van der Waals surface area contributed by atoms with Crippen LogP contribution in [0.3, 0.4) is 0 Å². The lowest BCUT2D eigenvalue weighted by Crippen LogP contribution is -2.50. The summed E-state index contributed by atoms with van der Waals surface area (Å²) in [5.74, 6) is -1.49. The number of thioether (sulfide) groups is 1. The van der Waals surface area contributed by atoms with Crippen molar-refractivity contribution in [3.05, 3.63) is 57.2 Å². The fraction of sp³-hybridized carbons (Fsp3) is 0.417. The first-order valence-corrected chi connectivity index (χ1v) is 12.8. The second-order valence-corrected chi connectivity index (χ2v) is 9.70. The van der Waals surface area contributed by atoms with Crippen LogP contribution >= 0.6 is 23.4 Å². The Morgan fingerprint density at radius 1 is 1.14 bits per heavy atom. The number of nitrogens with zero attached hydrogens (tertiary/aromatic N) is 4. The van der Waals surface area contributed by atoms with Crippen LogP contribution in [0.1, 0.15) is 31.9 Å². The third-order valence-electron chi connectivity index (χ3n) is 6.18. The molecule has 0 aliphatic carbocycles. The number of carbonyl (C=O) groups is 3. The number of amides is 2. The Morgan fingerprint density at radius 2 is 1.78 bits per heavy atom. The number of carbonyl (C=O) groups excluding carboxylic acids is 3. The van der Waals surface area contributed by atoms with E-state index in [4.69, 9.17) is 16.3 Å². The van der Waals surface area contributed by atoms with E-state index >= 15 is 0 Å². The SMILES string of the molecule is CCOC(=O)C1=C(C(F)(F)F)N=C2SC=C(CC(=O)N3CCN(C(C)=O)CC3)N2C1c1ccccc1Cl. The van der Waals surface area contributed by atoms with E-state index in [0.29, 0.717) is 31.9 Å². The molecule has 4 rings (SSSR count). The van der Waals surface area contributed by atoms with Gasteiger partial charge in [0.2, 0.25) is 11.8 Å². The van der Waals surface area contributed by atoms with Crippen molar-refractivity contribution in [3.63, 3.8) is 0 Å². The number of fused-ring (bicyclic) bond motifs is 1. The van der Waals surface area contributed by atoms with E-state index < -0.39 is 29.5 Å². The van der Waals surface area contributed by atoms with Crippen LogP contribution in [-0.4, -0.2) is 76.6 Å². The second kappa shape index (κ2) is 10.8. The van der Waals surface area contributed by atoms with Crippen molar-refractivity contribution >= 4 is 46.3 Å². The zero-order valence-corrected chi connectivity index (χ0v) is 21.6. The number of aliphatic imine (C=N–C) groups is 1. The minimum absolute atomic E-state index is 0.0190. The lowest BCUT2D eigenvalue weighted by molar-refractivity contribution is -0.141. The van der Waals surface area contributed by atoms with Crippen LogP contribution in [0.4, 0.5) is 13.2 Å². The smallest absolute Gasteiger partial charge is 0.434 e. The molecule has 1 unspecified atom stereocenters. The average Bonchev–Trinajstić information content (AvgIpc) is 3.25. The number of allylic oxidation sites excluding steroid dienone is 1. The Labute approximate surface area is 220 Å². The number of halogens is 4. The highest BCUT2D eigenvalue weighted by Gasteiger charge is 2.49. The van der Waals surface area contributed by atoms with E-state index in [1.165, 1.54) is 30.9 Å². The van der Waals surface area contributed by atoms with Gasteiger partial charge in [0.05, 0.1) is 24.6 Å². The predicted octanol–water partition coefficient (Wildman–Crippen LogP) is 4.10. The molecule has 1 fully saturated rings. The lowest BCUT2D eigenvalue weighted by atomic mass is 9.93. The number of piperazine rings is 1. The molecule has 1 aromatic carbocycles. The van der Waals surface area contributed by atoms with Gasteiger partial charge in [-0.3, -0.25) is 9.59 Å². The van der Waals surface area contributed by atoms with E-state index in [-0.39, 0.29) is 40.6 Å². The maximum absolute atomic E-state index is 14.1. The van der Waals surface area contributed by atoms with Crippen LogP contribution in [-0.2, 0) is 19.1 Å². The summed E-state index contributed by atoms with van der Waals surface area (Å²) >= 11 is 7.35. The molecule has 8 nitrogen and oxygen atoms in total. The number of rotatable bonds is 5. The summed E-state index contributed by atoms with van der Waals surface area (Å²) in [5, 5.41) is 1.70. The maximum Gasteiger partial charge on any atom is 0.434 e. The topological polar surface area (TPSA) is 82.5 Å². The van der Waals surface area contributed by atoms with Crippen molar-refractivity contribution < 1.29 is 32.3 Å². The molecule has 3 heterocycles. The first-order chi connectivity index (χ1) is 17.5. The molecule has 3 aliphatic rings. The highest BCUT2D eigenvalue weighted by molar-refractivity contribution is 8.16. The maximum atomic E-state index is 14.1. The number of hydrogen-bond acceptors (Lipinski definition) is 7. The molecule has 1 atom stereocenters. The Kier molecular flexibility index (Phi) is 7.88. The van der Waals surface area contributed by atoms with Crippen LogP contribution in [0.5, 0.6) is 0 Å². The molecule has 13 heteroatoms. The summed E-state index contributed by atoms with van der Waals surface area (Å²) in [6, 6.07) is 4.98. The zero-order chi connectivity index (χ0) is 26.9. The number of ether oxygens (including phenoxy) is 1. The van der Waals surface area contributed by atoms with E-state index in [2.05, 4.69) is 4.99 Å². The van der Waals surface area contributed by atoms with Gasteiger partial charge in [-0.05, 0) is 24.0 Å². The van der Waals surface area contributed by atoms with E-state index in [0.717, 1.165) is 11.8 Å². The molecule has 0 bridgehead atoms. The summed E-state index contributed by atoms with van der Waals surface area (Å²) in [6.45, 7) is 4.32. The fourth-order valence-corrected chi connectivity index (χ4v) is 5.57. The first kappa shape index (κ1) is 27.1. The van der Waals surface area contributed by atoms with Gasteiger partial charge in [0, 0.05) is 43.8 Å². The van der Waals surface area contributed by atoms with E-state index in [1.807, 2.05) is 0 Å². The summed E-state index contributed by atoms with van der Waals surface area (Å²) in [5.41, 5.74) is -1.41. The standard InChI is InChI=1S/C24H24ClF3N4O4S/c1-3-36-22(35)19-20(16-6-4-5-7-17(16)25)32-15(13-37-23(32)29-21(19)24(26,27)28)12-18(34)31-10-8-30(9-11-31)14(2)33/h4-7,13,20H,3,8-12H2,1-2H3. The molecular formula is C24H24ClF3N4O4S. The third-order valence-corrected chi connectivity index (χ3v) is 7.42. The van der Waals surface area contributed by atoms with Gasteiger partial charge in [0.1, 0.15) is 0 Å². The molecule has 0 spiro atoms. The Bertz CT molecular complexity index is 1210. The molecule has 1 aromatic rings. The van der Waals surface area contributed by atoms with Gasteiger partial charge in [0.25, 0.3) is 0 Å². The van der Waals surface area contributed by atoms with Crippen molar-refractivity contribution in [3.8, 4) is 0 Å². The molecule has 3 aliphatic heterocycles. The molecule has 198 valence electrons. The zero-order valence-electron chi connectivity index (χ0n) is 20.0. The Morgan fingerprint density at radius 3 is 2.38 bits per heavy atom. The summed E-state index contributed by atoms with van der Waals surface area (Å²) < 4.78 is 47.4. The van der Waals surface area contributed by atoms with Gasteiger partial charge in [-0.1, -0.05) is 41.6 Å². The molecule has 2 amide bonds. The molecular weight excluding hydrogens is 533 g/mol. The third kappa shape index (κ3) is 5.49. The van der Waals surface area contributed by atoms with Crippen molar-refractivity contribution in [2.75, 3.05) is 32.8 Å². The highest BCUT2D eigenvalue weighted by Crippen LogP contribution is 2.49. The fourth-order valence-electron chi connectivity index (χ4n) is 4.42. The normalized spacial score (nSPS) is 19.9. The number of hydrogen-bond donors (Lipinski definition) is 0. The van der Waals surface area contributed by atoms with Crippen LogP contribution in [0.15, 0.2) is 51.6 Å². The minimum Gasteiger partial charge on any atom is -0.463 e. The van der Waals surface area contributed by atoms with E-state index in [9.17, 15) is 27.6 Å². The van der Waals surface area contributed by atoms with Gasteiger partial charge in [-0.2, -0.15) is 13.2 Å². The van der Waals surface area contributed by atoms with Gasteiger partial charge in [-0.15, -0.1) is 0 Å². The monoisotopic (exact) mass is 556 g/mol. The average molecular weight is 557 g/mol. The molecule has 0 aromatic heterocycles. The largest absolute Gasteiger partial charge is 0.463 e. The van der Waals surface area contributed by atoms with Crippen molar-refractivity contribution in [2.45, 2.75) is 32.5 Å². The number of benzene rings is 1. The number of amidine groups is 1.